The van der Waals surface area contributed by atoms with Gasteiger partial charge >= 0.3 is 0 Å². The van der Waals surface area contributed by atoms with E-state index in [9.17, 15) is 9.18 Å². The van der Waals surface area contributed by atoms with Crippen molar-refractivity contribution in [2.24, 2.45) is 0 Å². The van der Waals surface area contributed by atoms with Gasteiger partial charge < -0.3 is 10.6 Å². The summed E-state index contributed by atoms with van der Waals surface area (Å²) in [4.78, 5) is 20.4. The third-order valence-corrected chi connectivity index (χ3v) is 3.94. The first-order chi connectivity index (χ1) is 12.5. The molecule has 0 aliphatic rings. The van der Waals surface area contributed by atoms with E-state index in [-0.39, 0.29) is 16.6 Å². The molecular weight excluding hydrogens is 355 g/mol. The summed E-state index contributed by atoms with van der Waals surface area (Å²) in [7, 11) is 0. The summed E-state index contributed by atoms with van der Waals surface area (Å²) < 4.78 is 13.2. The lowest BCUT2D eigenvalue weighted by Gasteiger charge is -2.08. The van der Waals surface area contributed by atoms with Crippen LogP contribution in [0.4, 0.5) is 15.9 Å². The van der Waals surface area contributed by atoms with Crippen LogP contribution in [0.2, 0.25) is 5.02 Å². The quantitative estimate of drug-likeness (QED) is 0.704. The molecule has 2 N–H and O–H groups in total. The first-order valence-corrected chi connectivity index (χ1v) is 8.27. The van der Waals surface area contributed by atoms with E-state index in [0.717, 1.165) is 11.1 Å². The van der Waals surface area contributed by atoms with Crippen LogP contribution in [-0.4, -0.2) is 15.9 Å². The summed E-state index contributed by atoms with van der Waals surface area (Å²) in [5.41, 5.74) is 2.95. The van der Waals surface area contributed by atoms with E-state index < -0.39 is 5.82 Å². The third kappa shape index (κ3) is 4.55. The molecule has 0 spiro atoms. The van der Waals surface area contributed by atoms with Gasteiger partial charge in [-0.1, -0.05) is 41.4 Å². The van der Waals surface area contributed by atoms with Gasteiger partial charge in [-0.25, -0.2) is 14.4 Å². The van der Waals surface area contributed by atoms with Crippen LogP contribution in [0.15, 0.2) is 54.9 Å². The molecule has 1 aromatic heterocycles. The summed E-state index contributed by atoms with van der Waals surface area (Å²) in [6, 6.07) is 12.1. The summed E-state index contributed by atoms with van der Waals surface area (Å²) in [5.74, 6) is -0.388. The normalized spacial score (nSPS) is 10.4. The van der Waals surface area contributed by atoms with Gasteiger partial charge in [-0.15, -0.1) is 0 Å². The van der Waals surface area contributed by atoms with Gasteiger partial charge in [0.2, 0.25) is 0 Å². The number of aromatic nitrogens is 2. The molecule has 5 nitrogen and oxygen atoms in total. The molecule has 0 saturated carbocycles. The van der Waals surface area contributed by atoms with Crippen molar-refractivity contribution in [1.82, 2.24) is 15.3 Å². The van der Waals surface area contributed by atoms with Gasteiger partial charge in [-0.3, -0.25) is 4.79 Å². The van der Waals surface area contributed by atoms with Gasteiger partial charge in [0.15, 0.2) is 0 Å². The number of hydrogen-bond acceptors (Lipinski definition) is 4. The first kappa shape index (κ1) is 17.8. The molecule has 0 atom stereocenters. The van der Waals surface area contributed by atoms with Crippen LogP contribution in [0.3, 0.4) is 0 Å². The molecule has 7 heteroatoms. The number of nitrogens with one attached hydrogen (secondary N) is 2. The van der Waals surface area contributed by atoms with Crippen molar-refractivity contribution in [3.8, 4) is 0 Å². The molecule has 0 radical (unpaired) electrons. The van der Waals surface area contributed by atoms with E-state index in [1.165, 1.54) is 30.6 Å². The predicted molar refractivity (Wildman–Crippen MR) is 99.1 cm³/mol. The number of rotatable bonds is 5. The van der Waals surface area contributed by atoms with E-state index >= 15 is 0 Å². The molecule has 1 amide bonds. The molecule has 2 aromatic carbocycles. The van der Waals surface area contributed by atoms with Gasteiger partial charge in [0.1, 0.15) is 17.3 Å². The third-order valence-electron chi connectivity index (χ3n) is 3.65. The zero-order chi connectivity index (χ0) is 18.5. The summed E-state index contributed by atoms with van der Waals surface area (Å²) in [6.45, 7) is 2.42. The Kier molecular flexibility index (Phi) is 5.43. The Morgan fingerprint density at radius 1 is 1.12 bits per heavy atom. The van der Waals surface area contributed by atoms with E-state index in [4.69, 9.17) is 11.6 Å². The molecular formula is C19H16ClFN4O. The van der Waals surface area contributed by atoms with Crippen molar-refractivity contribution >= 4 is 29.0 Å². The number of halogens is 2. The van der Waals surface area contributed by atoms with Gasteiger partial charge in [-0.2, -0.15) is 0 Å². The van der Waals surface area contributed by atoms with Crippen molar-refractivity contribution in [3.63, 3.8) is 0 Å². The minimum Gasteiger partial charge on any atom is -0.347 e. The summed E-state index contributed by atoms with van der Waals surface area (Å²) in [5, 5.41) is 5.75. The zero-order valence-corrected chi connectivity index (χ0v) is 14.7. The Balaban J connectivity index is 1.60. The number of aryl methyl sites for hydroxylation is 1. The highest BCUT2D eigenvalue weighted by Gasteiger charge is 2.08. The maximum absolute atomic E-state index is 13.2. The van der Waals surface area contributed by atoms with Gasteiger partial charge in [0.25, 0.3) is 5.91 Å². The number of carbonyl (C=O) groups excluding carboxylic acids is 1. The lowest BCUT2D eigenvalue weighted by atomic mass is 10.1. The van der Waals surface area contributed by atoms with Crippen molar-refractivity contribution in [2.75, 3.05) is 5.32 Å². The molecule has 132 valence electrons. The first-order valence-electron chi connectivity index (χ1n) is 7.89. The maximum Gasteiger partial charge on any atom is 0.271 e. The van der Waals surface area contributed by atoms with E-state index in [1.807, 2.05) is 31.2 Å². The number of hydrogen-bond donors (Lipinski definition) is 2. The molecule has 0 bridgehead atoms. The average molecular weight is 371 g/mol. The standard InChI is InChI=1S/C19H16ClFN4O/c1-12-2-4-13(5-3-12)9-24-19(26)17-10-23-18(11-22-17)25-14-6-7-16(21)15(20)8-14/h2-8,10-11H,9H2,1H3,(H,23,25)(H,24,26). The molecule has 26 heavy (non-hydrogen) atoms. The average Bonchev–Trinajstić information content (AvgIpc) is 2.65. The smallest absolute Gasteiger partial charge is 0.271 e. The number of amides is 1. The largest absolute Gasteiger partial charge is 0.347 e. The number of carbonyl (C=O) groups is 1. The Bertz CT molecular complexity index is 914. The van der Waals surface area contributed by atoms with Crippen LogP contribution in [0.1, 0.15) is 21.6 Å². The van der Waals surface area contributed by atoms with Crippen molar-refractivity contribution < 1.29 is 9.18 Å². The van der Waals surface area contributed by atoms with E-state index in [0.29, 0.717) is 18.1 Å². The van der Waals surface area contributed by atoms with Gasteiger partial charge in [-0.05, 0) is 30.7 Å². The second-order valence-corrected chi connectivity index (χ2v) is 6.12. The molecule has 3 rings (SSSR count). The van der Waals surface area contributed by atoms with Crippen LogP contribution in [0, 0.1) is 12.7 Å². The Morgan fingerprint density at radius 3 is 2.54 bits per heavy atom. The van der Waals surface area contributed by atoms with Crippen LogP contribution in [-0.2, 0) is 6.54 Å². The Morgan fingerprint density at radius 2 is 1.88 bits per heavy atom. The maximum atomic E-state index is 13.2. The van der Waals surface area contributed by atoms with Crippen LogP contribution in [0.5, 0.6) is 0 Å². The highest BCUT2D eigenvalue weighted by molar-refractivity contribution is 6.31. The summed E-state index contributed by atoms with van der Waals surface area (Å²) >= 11 is 5.74. The predicted octanol–water partition coefficient (Wildman–Crippen LogP) is 4.25. The highest BCUT2D eigenvalue weighted by atomic mass is 35.5. The van der Waals surface area contributed by atoms with E-state index in [2.05, 4.69) is 20.6 Å². The number of nitrogens with zero attached hydrogens (tertiary/aromatic N) is 2. The Hall–Kier alpha value is -2.99. The monoisotopic (exact) mass is 370 g/mol. The second-order valence-electron chi connectivity index (χ2n) is 5.71. The van der Waals surface area contributed by atoms with E-state index in [1.54, 1.807) is 0 Å². The molecule has 0 aliphatic carbocycles. The van der Waals surface area contributed by atoms with Gasteiger partial charge in [0.05, 0.1) is 17.4 Å². The summed E-state index contributed by atoms with van der Waals surface area (Å²) in [6.07, 6.45) is 2.80. The second kappa shape index (κ2) is 7.93. The molecule has 0 saturated heterocycles. The van der Waals surface area contributed by atoms with Crippen LogP contribution < -0.4 is 10.6 Å². The highest BCUT2D eigenvalue weighted by Crippen LogP contribution is 2.21. The number of benzene rings is 2. The zero-order valence-electron chi connectivity index (χ0n) is 14.0. The van der Waals surface area contributed by atoms with Crippen molar-refractivity contribution in [3.05, 3.63) is 82.5 Å². The number of anilines is 2. The van der Waals surface area contributed by atoms with Crippen molar-refractivity contribution in [1.29, 1.82) is 0 Å². The molecule has 0 unspecified atom stereocenters. The molecule has 0 aliphatic heterocycles. The van der Waals surface area contributed by atoms with Crippen molar-refractivity contribution in [2.45, 2.75) is 13.5 Å². The Labute approximate surface area is 155 Å². The lowest BCUT2D eigenvalue weighted by Crippen LogP contribution is -2.24. The van der Waals surface area contributed by atoms with Crippen LogP contribution in [0.25, 0.3) is 0 Å². The fraction of sp³-hybridized carbons (Fsp3) is 0.105. The fourth-order valence-electron chi connectivity index (χ4n) is 2.21. The van der Waals surface area contributed by atoms with Crippen LogP contribution >= 0.6 is 11.6 Å². The molecule has 1 heterocycles. The minimum absolute atomic E-state index is 0.00932. The molecule has 0 fully saturated rings. The molecule has 3 aromatic rings. The lowest BCUT2D eigenvalue weighted by molar-refractivity contribution is 0.0945. The fourth-order valence-corrected chi connectivity index (χ4v) is 2.39. The topological polar surface area (TPSA) is 66.9 Å². The van der Waals surface area contributed by atoms with Gasteiger partial charge in [0, 0.05) is 12.2 Å². The SMILES string of the molecule is Cc1ccc(CNC(=O)c2cnc(Nc3ccc(F)c(Cl)c3)cn2)cc1. The minimum atomic E-state index is -0.496.